The Kier molecular flexibility index (Phi) is 6.93. The number of nitrogens with one attached hydrogen (secondary N) is 1. The molecule has 2 aromatic rings. The smallest absolute Gasteiger partial charge is 0.310 e. The van der Waals surface area contributed by atoms with Crippen LogP contribution in [0.5, 0.6) is 5.75 Å². The highest BCUT2D eigenvalue weighted by atomic mass is 35.5. The second-order valence-corrected chi connectivity index (χ2v) is 6.16. The Morgan fingerprint density at radius 2 is 1.72 bits per heavy atom. The average Bonchev–Trinajstić information content (AvgIpc) is 2.57. The van der Waals surface area contributed by atoms with Crippen LogP contribution >= 0.6 is 34.8 Å². The largest absolute Gasteiger partial charge is 0.495 e. The maximum atomic E-state index is 11.9. The van der Waals surface area contributed by atoms with E-state index in [1.807, 2.05) is 0 Å². The van der Waals surface area contributed by atoms with Crippen LogP contribution in [0.15, 0.2) is 36.4 Å². The lowest BCUT2D eigenvalue weighted by Gasteiger charge is -2.09. The molecule has 0 aliphatic carbocycles. The highest BCUT2D eigenvalue weighted by molar-refractivity contribution is 6.36. The summed E-state index contributed by atoms with van der Waals surface area (Å²) in [6.07, 6.45) is -0.125. The third kappa shape index (κ3) is 5.53. The van der Waals surface area contributed by atoms with Gasteiger partial charge in [-0.15, -0.1) is 0 Å². The minimum absolute atomic E-state index is 0.125. The first-order chi connectivity index (χ1) is 11.9. The van der Waals surface area contributed by atoms with Gasteiger partial charge in [0.1, 0.15) is 5.75 Å². The van der Waals surface area contributed by atoms with E-state index in [2.05, 4.69) is 5.32 Å². The van der Waals surface area contributed by atoms with Gasteiger partial charge in [-0.3, -0.25) is 9.59 Å². The van der Waals surface area contributed by atoms with E-state index in [4.69, 9.17) is 44.3 Å². The van der Waals surface area contributed by atoms with Gasteiger partial charge < -0.3 is 14.8 Å². The van der Waals surface area contributed by atoms with Gasteiger partial charge in [0.15, 0.2) is 6.61 Å². The maximum Gasteiger partial charge on any atom is 0.310 e. The number of carbonyl (C=O) groups excluding carboxylic acids is 2. The number of anilines is 1. The third-order valence-corrected chi connectivity index (χ3v) is 4.19. The van der Waals surface area contributed by atoms with Crippen molar-refractivity contribution in [2.75, 3.05) is 19.0 Å². The second-order valence-electron chi connectivity index (χ2n) is 4.94. The van der Waals surface area contributed by atoms with Crippen LogP contribution in [0, 0.1) is 0 Å². The molecule has 0 fully saturated rings. The van der Waals surface area contributed by atoms with Crippen LogP contribution in [-0.2, 0) is 20.7 Å². The van der Waals surface area contributed by atoms with Crippen LogP contribution < -0.4 is 10.1 Å². The summed E-state index contributed by atoms with van der Waals surface area (Å²) in [5.41, 5.74) is 0.916. The number of amides is 1. The van der Waals surface area contributed by atoms with Crippen molar-refractivity contribution >= 4 is 52.4 Å². The molecule has 0 aliphatic heterocycles. The van der Waals surface area contributed by atoms with E-state index in [9.17, 15) is 9.59 Å². The van der Waals surface area contributed by atoms with Gasteiger partial charge in [0, 0.05) is 21.3 Å². The molecule has 132 valence electrons. The van der Waals surface area contributed by atoms with Crippen LogP contribution in [0.4, 0.5) is 5.69 Å². The Hall–Kier alpha value is -1.95. The highest BCUT2D eigenvalue weighted by Gasteiger charge is 2.14. The zero-order chi connectivity index (χ0) is 18.4. The van der Waals surface area contributed by atoms with Crippen molar-refractivity contribution in [3.05, 3.63) is 57.0 Å². The molecule has 0 saturated carbocycles. The highest BCUT2D eigenvalue weighted by Crippen LogP contribution is 2.27. The lowest BCUT2D eigenvalue weighted by molar-refractivity contribution is -0.146. The summed E-state index contributed by atoms with van der Waals surface area (Å²) in [4.78, 5) is 23.7. The lowest BCUT2D eigenvalue weighted by atomic mass is 10.1. The summed E-state index contributed by atoms with van der Waals surface area (Å²) in [6.45, 7) is -0.440. The molecule has 0 bridgehead atoms. The van der Waals surface area contributed by atoms with Gasteiger partial charge in [0.2, 0.25) is 0 Å². The molecule has 0 unspecified atom stereocenters. The van der Waals surface area contributed by atoms with Gasteiger partial charge in [0.25, 0.3) is 5.91 Å². The first-order valence-corrected chi connectivity index (χ1v) is 8.26. The summed E-state index contributed by atoms with van der Waals surface area (Å²) in [6, 6.07) is 9.68. The molecule has 0 radical (unpaired) electrons. The van der Waals surface area contributed by atoms with Crippen molar-refractivity contribution in [2.24, 2.45) is 0 Å². The minimum atomic E-state index is -0.613. The predicted octanol–water partition coefficient (Wildman–Crippen LogP) is 4.38. The van der Waals surface area contributed by atoms with E-state index < -0.39 is 18.5 Å². The monoisotopic (exact) mass is 401 g/mol. The molecular formula is C17H14Cl3NO4. The number of esters is 1. The SMILES string of the molecule is COc1ccc(NC(=O)COC(=O)Cc2c(Cl)cccc2Cl)cc1Cl. The van der Waals surface area contributed by atoms with Crippen molar-refractivity contribution in [1.82, 2.24) is 0 Å². The Morgan fingerprint density at radius 3 is 2.32 bits per heavy atom. The predicted molar refractivity (Wildman–Crippen MR) is 97.8 cm³/mol. The number of benzene rings is 2. The van der Waals surface area contributed by atoms with E-state index in [1.165, 1.54) is 13.2 Å². The number of hydrogen-bond acceptors (Lipinski definition) is 4. The Balaban J connectivity index is 1.87. The molecule has 1 N–H and O–H groups in total. The van der Waals surface area contributed by atoms with Crippen LogP contribution in [0.2, 0.25) is 15.1 Å². The van der Waals surface area contributed by atoms with Crippen molar-refractivity contribution in [3.8, 4) is 5.75 Å². The summed E-state index contributed by atoms with van der Waals surface area (Å²) in [5.74, 6) is -0.625. The van der Waals surface area contributed by atoms with E-state index >= 15 is 0 Å². The van der Waals surface area contributed by atoms with Gasteiger partial charge in [-0.25, -0.2) is 0 Å². The normalized spacial score (nSPS) is 10.2. The molecule has 0 atom stereocenters. The van der Waals surface area contributed by atoms with Crippen LogP contribution in [0.3, 0.4) is 0 Å². The molecule has 25 heavy (non-hydrogen) atoms. The molecule has 8 heteroatoms. The molecule has 0 heterocycles. The van der Waals surface area contributed by atoms with Crippen LogP contribution in [0.1, 0.15) is 5.56 Å². The van der Waals surface area contributed by atoms with Gasteiger partial charge in [-0.1, -0.05) is 40.9 Å². The fourth-order valence-corrected chi connectivity index (χ4v) is 2.77. The summed E-state index contributed by atoms with van der Waals surface area (Å²) >= 11 is 18.0. The van der Waals surface area contributed by atoms with Gasteiger partial charge in [-0.2, -0.15) is 0 Å². The molecule has 0 aliphatic rings. The molecule has 0 spiro atoms. The number of rotatable bonds is 6. The van der Waals surface area contributed by atoms with E-state index in [-0.39, 0.29) is 6.42 Å². The van der Waals surface area contributed by atoms with Gasteiger partial charge >= 0.3 is 5.97 Å². The number of hydrogen-bond donors (Lipinski definition) is 1. The first kappa shape index (κ1) is 19.4. The Bertz CT molecular complexity index is 775. The molecule has 1 amide bonds. The zero-order valence-corrected chi connectivity index (χ0v) is 15.4. The van der Waals surface area contributed by atoms with Crippen LogP contribution in [0.25, 0.3) is 0 Å². The van der Waals surface area contributed by atoms with Crippen molar-refractivity contribution in [2.45, 2.75) is 6.42 Å². The van der Waals surface area contributed by atoms with E-state index in [0.29, 0.717) is 32.1 Å². The summed E-state index contributed by atoms with van der Waals surface area (Å²) < 4.78 is 9.96. The maximum absolute atomic E-state index is 11.9. The number of methoxy groups -OCH3 is 1. The Labute approximate surface area is 159 Å². The lowest BCUT2D eigenvalue weighted by Crippen LogP contribution is -2.21. The first-order valence-electron chi connectivity index (χ1n) is 7.12. The molecular weight excluding hydrogens is 389 g/mol. The summed E-state index contributed by atoms with van der Waals surface area (Å²) in [5, 5.41) is 3.65. The van der Waals surface area contributed by atoms with Crippen molar-refractivity contribution < 1.29 is 19.1 Å². The number of halogens is 3. The molecule has 2 rings (SSSR count). The van der Waals surface area contributed by atoms with E-state index in [1.54, 1.807) is 30.3 Å². The van der Waals surface area contributed by atoms with Crippen molar-refractivity contribution in [1.29, 1.82) is 0 Å². The molecule has 2 aromatic carbocycles. The fraction of sp³-hybridized carbons (Fsp3) is 0.176. The topological polar surface area (TPSA) is 64.6 Å². The zero-order valence-electron chi connectivity index (χ0n) is 13.1. The molecule has 5 nitrogen and oxygen atoms in total. The van der Waals surface area contributed by atoms with Crippen LogP contribution in [-0.4, -0.2) is 25.6 Å². The standard InChI is InChI=1S/C17H14Cl3NO4/c1-24-15-6-5-10(7-14(15)20)21-16(22)9-25-17(23)8-11-12(18)3-2-4-13(11)19/h2-7H,8-9H2,1H3,(H,21,22). The quantitative estimate of drug-likeness (QED) is 0.728. The Morgan fingerprint density at radius 1 is 1.04 bits per heavy atom. The minimum Gasteiger partial charge on any atom is -0.495 e. The molecule has 0 saturated heterocycles. The molecule has 0 aromatic heterocycles. The fourth-order valence-electron chi connectivity index (χ4n) is 1.98. The van der Waals surface area contributed by atoms with Gasteiger partial charge in [0.05, 0.1) is 18.6 Å². The third-order valence-electron chi connectivity index (χ3n) is 3.18. The second kappa shape index (κ2) is 8.94. The average molecular weight is 403 g/mol. The van der Waals surface area contributed by atoms with Gasteiger partial charge in [-0.05, 0) is 30.3 Å². The summed E-state index contributed by atoms with van der Waals surface area (Å²) in [7, 11) is 1.49. The number of carbonyl (C=O) groups is 2. The van der Waals surface area contributed by atoms with E-state index in [0.717, 1.165) is 0 Å². The number of ether oxygens (including phenoxy) is 2. The van der Waals surface area contributed by atoms with Crippen molar-refractivity contribution in [3.63, 3.8) is 0 Å².